The fraction of sp³-hybridized carbons (Fsp3) is 0.818. The highest BCUT2D eigenvalue weighted by molar-refractivity contribution is 5.96. The van der Waals surface area contributed by atoms with Crippen LogP contribution in [0, 0.1) is 0 Å². The van der Waals surface area contributed by atoms with Gasteiger partial charge < -0.3 is 10.6 Å². The summed E-state index contributed by atoms with van der Waals surface area (Å²) in [6.07, 6.45) is 2.05. The Hall–Kier alpha value is -1.14. The van der Waals surface area contributed by atoms with Crippen molar-refractivity contribution >= 4 is 11.9 Å². The van der Waals surface area contributed by atoms with Crippen molar-refractivity contribution in [3.8, 4) is 0 Å². The Labute approximate surface area is 101 Å². The fourth-order valence-corrected chi connectivity index (χ4v) is 1.90. The normalized spacial score (nSPS) is 22.9. The van der Waals surface area contributed by atoms with E-state index in [1.807, 2.05) is 6.92 Å². The van der Waals surface area contributed by atoms with Crippen molar-refractivity contribution in [2.45, 2.75) is 31.8 Å². The fourth-order valence-electron chi connectivity index (χ4n) is 1.90. The second kappa shape index (κ2) is 5.46. The molecule has 17 heavy (non-hydrogen) atoms. The molecule has 3 amide bonds. The first kappa shape index (κ1) is 12.3. The number of nitrogens with one attached hydrogen (secondary N) is 3. The molecular formula is C11H20N4O2. The standard InChI is InChI=1S/C11H20N4O2/c1-8(15-6-4-12-5-7-15)10(16)14-11(17)13-9-2-3-9/h8-9,12H,2-7H2,1H3,(H2,13,14,16,17). The quantitative estimate of drug-likeness (QED) is 0.608. The van der Waals surface area contributed by atoms with Gasteiger partial charge in [-0.3, -0.25) is 15.0 Å². The van der Waals surface area contributed by atoms with E-state index in [1.54, 1.807) is 0 Å². The molecule has 1 heterocycles. The van der Waals surface area contributed by atoms with Crippen LogP contribution < -0.4 is 16.0 Å². The Morgan fingerprint density at radius 2 is 1.94 bits per heavy atom. The molecule has 2 rings (SSSR count). The van der Waals surface area contributed by atoms with E-state index in [-0.39, 0.29) is 24.0 Å². The van der Waals surface area contributed by atoms with E-state index in [1.165, 1.54) is 0 Å². The first-order valence-electron chi connectivity index (χ1n) is 6.23. The first-order chi connectivity index (χ1) is 8.16. The average Bonchev–Trinajstić information content (AvgIpc) is 3.12. The van der Waals surface area contributed by atoms with Crippen molar-refractivity contribution in [1.82, 2.24) is 20.9 Å². The Morgan fingerprint density at radius 3 is 2.53 bits per heavy atom. The van der Waals surface area contributed by atoms with E-state index in [4.69, 9.17) is 0 Å². The predicted molar refractivity (Wildman–Crippen MR) is 63.6 cm³/mol. The van der Waals surface area contributed by atoms with Crippen molar-refractivity contribution in [3.63, 3.8) is 0 Å². The third-order valence-corrected chi connectivity index (χ3v) is 3.23. The molecule has 96 valence electrons. The third-order valence-electron chi connectivity index (χ3n) is 3.23. The van der Waals surface area contributed by atoms with Gasteiger partial charge in [0, 0.05) is 32.2 Å². The summed E-state index contributed by atoms with van der Waals surface area (Å²) < 4.78 is 0. The van der Waals surface area contributed by atoms with Gasteiger partial charge in [-0.05, 0) is 19.8 Å². The zero-order valence-corrected chi connectivity index (χ0v) is 10.2. The zero-order valence-electron chi connectivity index (χ0n) is 10.2. The molecule has 0 aromatic heterocycles. The number of hydrogen-bond acceptors (Lipinski definition) is 4. The summed E-state index contributed by atoms with van der Waals surface area (Å²) in [5.74, 6) is -0.218. The minimum absolute atomic E-state index is 0.218. The van der Waals surface area contributed by atoms with Crippen LogP contribution in [-0.2, 0) is 4.79 Å². The second-order valence-corrected chi connectivity index (χ2v) is 4.70. The molecule has 1 aliphatic heterocycles. The topological polar surface area (TPSA) is 73.5 Å². The molecule has 1 saturated heterocycles. The van der Waals surface area contributed by atoms with E-state index < -0.39 is 0 Å². The second-order valence-electron chi connectivity index (χ2n) is 4.70. The maximum absolute atomic E-state index is 11.8. The van der Waals surface area contributed by atoms with E-state index in [2.05, 4.69) is 20.9 Å². The van der Waals surface area contributed by atoms with Gasteiger partial charge in [-0.1, -0.05) is 0 Å². The molecule has 6 nitrogen and oxygen atoms in total. The number of urea groups is 1. The smallest absolute Gasteiger partial charge is 0.321 e. The lowest BCUT2D eigenvalue weighted by Crippen LogP contribution is -2.54. The van der Waals surface area contributed by atoms with Gasteiger partial charge >= 0.3 is 6.03 Å². The molecule has 3 N–H and O–H groups in total. The molecule has 0 aromatic rings. The van der Waals surface area contributed by atoms with Crippen LogP contribution >= 0.6 is 0 Å². The van der Waals surface area contributed by atoms with Gasteiger partial charge in [-0.2, -0.15) is 0 Å². The molecule has 1 atom stereocenters. The third kappa shape index (κ3) is 3.67. The number of carbonyl (C=O) groups is 2. The van der Waals surface area contributed by atoms with E-state index in [0.29, 0.717) is 0 Å². The predicted octanol–water partition coefficient (Wildman–Crippen LogP) is -0.732. The number of rotatable bonds is 3. The van der Waals surface area contributed by atoms with Crippen LogP contribution in [0.25, 0.3) is 0 Å². The van der Waals surface area contributed by atoms with Crippen molar-refractivity contribution in [2.75, 3.05) is 26.2 Å². The minimum Gasteiger partial charge on any atom is -0.335 e. The van der Waals surface area contributed by atoms with Crippen molar-refractivity contribution in [2.24, 2.45) is 0 Å². The molecule has 2 fully saturated rings. The van der Waals surface area contributed by atoms with Gasteiger partial charge in [0.05, 0.1) is 6.04 Å². The van der Waals surface area contributed by atoms with Gasteiger partial charge in [0.2, 0.25) is 5.91 Å². The van der Waals surface area contributed by atoms with Crippen LogP contribution in [0.5, 0.6) is 0 Å². The molecule has 0 bridgehead atoms. The largest absolute Gasteiger partial charge is 0.335 e. The lowest BCUT2D eigenvalue weighted by molar-refractivity contribution is -0.124. The lowest BCUT2D eigenvalue weighted by atomic mass is 10.2. The van der Waals surface area contributed by atoms with Crippen molar-refractivity contribution in [3.05, 3.63) is 0 Å². The SMILES string of the molecule is CC(C(=O)NC(=O)NC1CC1)N1CCNCC1. The van der Waals surface area contributed by atoms with Gasteiger partial charge in [0.25, 0.3) is 0 Å². The number of amides is 3. The molecule has 1 unspecified atom stereocenters. The van der Waals surface area contributed by atoms with Crippen LogP contribution in [0.2, 0.25) is 0 Å². The number of carbonyl (C=O) groups excluding carboxylic acids is 2. The van der Waals surface area contributed by atoms with E-state index >= 15 is 0 Å². The Balaban J connectivity index is 1.74. The highest BCUT2D eigenvalue weighted by Crippen LogP contribution is 2.18. The molecule has 0 aromatic carbocycles. The maximum atomic E-state index is 11.8. The molecule has 1 saturated carbocycles. The molecule has 1 aliphatic carbocycles. The van der Waals surface area contributed by atoms with Crippen LogP contribution in [0.4, 0.5) is 4.79 Å². The van der Waals surface area contributed by atoms with Gasteiger partial charge in [0.15, 0.2) is 0 Å². The van der Waals surface area contributed by atoms with Crippen LogP contribution in [0.3, 0.4) is 0 Å². The molecule has 6 heteroatoms. The number of nitrogens with zero attached hydrogens (tertiary/aromatic N) is 1. The van der Waals surface area contributed by atoms with E-state index in [9.17, 15) is 9.59 Å². The molecular weight excluding hydrogens is 220 g/mol. The van der Waals surface area contributed by atoms with Crippen LogP contribution in [0.15, 0.2) is 0 Å². The van der Waals surface area contributed by atoms with Gasteiger partial charge in [-0.25, -0.2) is 4.79 Å². The number of piperazine rings is 1. The highest BCUT2D eigenvalue weighted by Gasteiger charge is 2.27. The summed E-state index contributed by atoms with van der Waals surface area (Å²) in [5, 5.41) is 8.37. The summed E-state index contributed by atoms with van der Waals surface area (Å²) in [7, 11) is 0. The van der Waals surface area contributed by atoms with Crippen LogP contribution in [-0.4, -0.2) is 55.1 Å². The van der Waals surface area contributed by atoms with Gasteiger partial charge in [-0.15, -0.1) is 0 Å². The molecule has 0 radical (unpaired) electrons. The average molecular weight is 240 g/mol. The van der Waals surface area contributed by atoms with Crippen molar-refractivity contribution < 1.29 is 9.59 Å². The molecule has 2 aliphatic rings. The number of imide groups is 1. The van der Waals surface area contributed by atoms with E-state index in [0.717, 1.165) is 39.0 Å². The summed E-state index contributed by atoms with van der Waals surface area (Å²) in [4.78, 5) is 25.3. The first-order valence-corrected chi connectivity index (χ1v) is 6.23. The van der Waals surface area contributed by atoms with Gasteiger partial charge in [0.1, 0.15) is 0 Å². The summed E-state index contributed by atoms with van der Waals surface area (Å²) in [5.41, 5.74) is 0. The summed E-state index contributed by atoms with van der Waals surface area (Å²) in [6.45, 7) is 5.32. The van der Waals surface area contributed by atoms with Crippen LogP contribution in [0.1, 0.15) is 19.8 Å². The Morgan fingerprint density at radius 1 is 1.29 bits per heavy atom. The summed E-state index contributed by atoms with van der Waals surface area (Å²) in [6, 6.07) is -0.334. The van der Waals surface area contributed by atoms with Crippen molar-refractivity contribution in [1.29, 1.82) is 0 Å². The lowest BCUT2D eigenvalue weighted by Gasteiger charge is -2.31. The number of hydrogen-bond donors (Lipinski definition) is 3. The zero-order chi connectivity index (χ0) is 12.3. The Bertz CT molecular complexity index is 298. The monoisotopic (exact) mass is 240 g/mol. The summed E-state index contributed by atoms with van der Waals surface area (Å²) >= 11 is 0. The maximum Gasteiger partial charge on any atom is 0.321 e. The Kier molecular flexibility index (Phi) is 3.96. The highest BCUT2D eigenvalue weighted by atomic mass is 16.2. The molecule has 0 spiro atoms. The minimum atomic E-state index is -0.362.